The number of ether oxygens (including phenoxy) is 2. The lowest BCUT2D eigenvalue weighted by atomic mass is 10.0. The molecule has 48 heavy (non-hydrogen) atoms. The summed E-state index contributed by atoms with van der Waals surface area (Å²) in [5, 5.41) is 7.02. The van der Waals surface area contributed by atoms with Crippen molar-refractivity contribution in [2.75, 3.05) is 24.9 Å². The van der Waals surface area contributed by atoms with Gasteiger partial charge in [-0.3, -0.25) is 14.4 Å². The molecule has 2 heterocycles. The summed E-state index contributed by atoms with van der Waals surface area (Å²) in [4.78, 5) is 43.2. The Kier molecular flexibility index (Phi) is 10.3. The number of methoxy groups -OCH3 is 2. The minimum Gasteiger partial charge on any atom is -0.495 e. The van der Waals surface area contributed by atoms with Gasteiger partial charge in [0.15, 0.2) is 5.78 Å². The SMILES string of the molecule is C=CC(=O)Cc1cccc(C)c1Nc1cc2c(cn1)cc(-c1c(Cl)c(OC)cc(OC)c1Cl)c(=O)n2Cc1ccc(NC(=O)C=C)cc1. The summed E-state index contributed by atoms with van der Waals surface area (Å²) in [6.45, 7) is 9.16. The van der Waals surface area contributed by atoms with Crippen LogP contribution in [0.4, 0.5) is 17.2 Å². The van der Waals surface area contributed by atoms with Crippen molar-refractivity contribution in [3.8, 4) is 22.6 Å². The van der Waals surface area contributed by atoms with Gasteiger partial charge in [-0.15, -0.1) is 0 Å². The third kappa shape index (κ3) is 6.97. The monoisotopic (exact) mass is 682 g/mol. The Morgan fingerprint density at radius 1 is 0.958 bits per heavy atom. The van der Waals surface area contributed by atoms with Crippen LogP contribution in [0.1, 0.15) is 16.7 Å². The number of para-hydroxylation sites is 1. The highest BCUT2D eigenvalue weighted by molar-refractivity contribution is 6.41. The van der Waals surface area contributed by atoms with Crippen molar-refractivity contribution < 1.29 is 19.1 Å². The number of fused-ring (bicyclic) bond motifs is 1. The number of benzene rings is 3. The van der Waals surface area contributed by atoms with Crippen LogP contribution >= 0.6 is 23.2 Å². The second-order valence-electron chi connectivity index (χ2n) is 10.8. The molecule has 5 rings (SSSR count). The summed E-state index contributed by atoms with van der Waals surface area (Å²) in [6.07, 6.45) is 4.31. The number of aromatic nitrogens is 2. The average molecular weight is 684 g/mol. The molecule has 0 unspecified atom stereocenters. The number of hydrogen-bond donors (Lipinski definition) is 2. The smallest absolute Gasteiger partial charge is 0.259 e. The average Bonchev–Trinajstić information content (AvgIpc) is 3.08. The highest BCUT2D eigenvalue weighted by atomic mass is 35.5. The van der Waals surface area contributed by atoms with Gasteiger partial charge < -0.3 is 24.7 Å². The second kappa shape index (κ2) is 14.6. The molecule has 3 aromatic carbocycles. The summed E-state index contributed by atoms with van der Waals surface area (Å²) < 4.78 is 12.5. The van der Waals surface area contributed by atoms with Crippen LogP contribution < -0.4 is 25.7 Å². The lowest BCUT2D eigenvalue weighted by molar-refractivity contribution is -0.114. The van der Waals surface area contributed by atoms with Gasteiger partial charge in [-0.05, 0) is 54.0 Å². The van der Waals surface area contributed by atoms with E-state index in [1.165, 1.54) is 26.4 Å². The van der Waals surface area contributed by atoms with E-state index in [0.29, 0.717) is 22.4 Å². The van der Waals surface area contributed by atoms with E-state index in [1.54, 1.807) is 41.1 Å². The van der Waals surface area contributed by atoms with Gasteiger partial charge >= 0.3 is 0 Å². The normalized spacial score (nSPS) is 10.8. The maximum atomic E-state index is 14.5. The predicted octanol–water partition coefficient (Wildman–Crippen LogP) is 7.91. The minimum atomic E-state index is -0.379. The lowest BCUT2D eigenvalue weighted by Gasteiger charge is -2.18. The van der Waals surface area contributed by atoms with E-state index in [9.17, 15) is 14.4 Å². The van der Waals surface area contributed by atoms with E-state index in [1.807, 2.05) is 37.3 Å². The van der Waals surface area contributed by atoms with Crippen LogP contribution in [0.5, 0.6) is 11.5 Å². The number of hydrogen-bond acceptors (Lipinski definition) is 7. The Labute approximate surface area is 287 Å². The quantitative estimate of drug-likeness (QED) is 0.129. The van der Waals surface area contributed by atoms with E-state index in [-0.39, 0.29) is 62.9 Å². The fourth-order valence-electron chi connectivity index (χ4n) is 5.31. The summed E-state index contributed by atoms with van der Waals surface area (Å²) in [5.41, 5.74) is 4.48. The Hall–Kier alpha value is -5.38. The van der Waals surface area contributed by atoms with Crippen molar-refractivity contribution >= 4 is 63.0 Å². The minimum absolute atomic E-state index is 0.113. The van der Waals surface area contributed by atoms with E-state index >= 15 is 0 Å². The molecule has 9 nitrogen and oxygen atoms in total. The standard InChI is InChI=1S/C37H32Cl2N4O5/c1-6-26(44)15-23-10-8-9-21(3)36(23)42-31-17-28-24(19-40-31)16-27(33-34(38)29(47-4)18-30(48-5)35(33)39)37(46)43(28)20-22-11-13-25(14-12-22)41-32(45)7-2/h6-14,16-19H,1-2,15,20H2,3-5H3,(H,40,42)(H,41,45). The third-order valence-electron chi connectivity index (χ3n) is 7.77. The number of allylic oxidation sites excluding steroid dienone is 1. The molecule has 0 spiro atoms. The molecule has 0 atom stereocenters. The van der Waals surface area contributed by atoms with Crippen LogP contribution in [0.15, 0.2) is 97.0 Å². The van der Waals surface area contributed by atoms with Gasteiger partial charge in [-0.2, -0.15) is 0 Å². The molecule has 1 amide bonds. The molecule has 2 aromatic heterocycles. The molecule has 5 aromatic rings. The van der Waals surface area contributed by atoms with E-state index < -0.39 is 0 Å². The van der Waals surface area contributed by atoms with Crippen LogP contribution in [-0.2, 0) is 22.6 Å². The highest BCUT2D eigenvalue weighted by Gasteiger charge is 2.23. The number of carbonyl (C=O) groups excluding carboxylic acids is 2. The zero-order valence-electron chi connectivity index (χ0n) is 26.5. The van der Waals surface area contributed by atoms with Crippen molar-refractivity contribution in [1.29, 1.82) is 0 Å². The number of rotatable bonds is 12. The number of ketones is 1. The summed E-state index contributed by atoms with van der Waals surface area (Å²) in [7, 11) is 2.92. The van der Waals surface area contributed by atoms with Gasteiger partial charge in [-0.1, -0.05) is 66.7 Å². The number of anilines is 3. The molecule has 0 aliphatic rings. The number of carbonyl (C=O) groups is 2. The van der Waals surface area contributed by atoms with Crippen molar-refractivity contribution in [3.05, 3.63) is 129 Å². The van der Waals surface area contributed by atoms with Gasteiger partial charge in [0.25, 0.3) is 5.56 Å². The summed E-state index contributed by atoms with van der Waals surface area (Å²) in [6, 6.07) is 17.8. The van der Waals surface area contributed by atoms with E-state index in [2.05, 4.69) is 28.8 Å². The molecule has 11 heteroatoms. The van der Waals surface area contributed by atoms with Gasteiger partial charge in [0, 0.05) is 47.1 Å². The van der Waals surface area contributed by atoms with Crippen molar-refractivity contribution in [1.82, 2.24) is 9.55 Å². The molecular formula is C37H32Cl2N4O5. The molecule has 0 saturated heterocycles. The summed E-state index contributed by atoms with van der Waals surface area (Å²) >= 11 is 13.5. The largest absolute Gasteiger partial charge is 0.495 e. The van der Waals surface area contributed by atoms with Gasteiger partial charge in [0.1, 0.15) is 17.3 Å². The van der Waals surface area contributed by atoms with Gasteiger partial charge in [0.2, 0.25) is 5.91 Å². The lowest BCUT2D eigenvalue weighted by Crippen LogP contribution is -2.23. The van der Waals surface area contributed by atoms with Crippen molar-refractivity contribution in [2.24, 2.45) is 0 Å². The van der Waals surface area contributed by atoms with Crippen LogP contribution in [0, 0.1) is 6.92 Å². The van der Waals surface area contributed by atoms with E-state index in [4.69, 9.17) is 32.7 Å². The number of nitrogens with one attached hydrogen (secondary N) is 2. The third-order valence-corrected chi connectivity index (χ3v) is 8.52. The molecule has 0 radical (unpaired) electrons. The zero-order valence-corrected chi connectivity index (χ0v) is 28.0. The first kappa shape index (κ1) is 34.0. The Balaban J connectivity index is 1.69. The first-order chi connectivity index (χ1) is 23.1. The Bertz CT molecular complexity index is 2110. The fraction of sp³-hybridized carbons (Fsp3) is 0.135. The maximum Gasteiger partial charge on any atom is 0.259 e. The Morgan fingerprint density at radius 2 is 1.65 bits per heavy atom. The molecule has 244 valence electrons. The zero-order chi connectivity index (χ0) is 34.5. The molecule has 0 aliphatic carbocycles. The van der Waals surface area contributed by atoms with E-state index in [0.717, 1.165) is 22.4 Å². The van der Waals surface area contributed by atoms with Crippen molar-refractivity contribution in [3.63, 3.8) is 0 Å². The van der Waals surface area contributed by atoms with Gasteiger partial charge in [-0.25, -0.2) is 4.98 Å². The first-order valence-corrected chi connectivity index (χ1v) is 15.5. The van der Waals surface area contributed by atoms with Crippen molar-refractivity contribution in [2.45, 2.75) is 19.9 Å². The number of amides is 1. The van der Waals surface area contributed by atoms with Crippen LogP contribution in [-0.4, -0.2) is 35.5 Å². The van der Waals surface area contributed by atoms with Crippen LogP contribution in [0.3, 0.4) is 0 Å². The second-order valence-corrected chi connectivity index (χ2v) is 11.6. The number of pyridine rings is 2. The Morgan fingerprint density at radius 3 is 2.27 bits per heavy atom. The molecule has 0 aliphatic heterocycles. The van der Waals surface area contributed by atoms with Gasteiger partial charge in [0.05, 0.1) is 41.9 Å². The van der Waals surface area contributed by atoms with Crippen LogP contribution in [0.25, 0.3) is 22.0 Å². The highest BCUT2D eigenvalue weighted by Crippen LogP contribution is 2.45. The maximum absolute atomic E-state index is 14.5. The molecule has 0 saturated carbocycles. The van der Waals surface area contributed by atoms with Crippen LogP contribution in [0.2, 0.25) is 10.0 Å². The topological polar surface area (TPSA) is 112 Å². The first-order valence-electron chi connectivity index (χ1n) is 14.8. The molecular weight excluding hydrogens is 651 g/mol. The molecule has 0 bridgehead atoms. The number of aryl methyl sites for hydroxylation is 1. The number of halogens is 2. The predicted molar refractivity (Wildman–Crippen MR) is 192 cm³/mol. The fourth-order valence-corrected chi connectivity index (χ4v) is 6.02. The summed E-state index contributed by atoms with van der Waals surface area (Å²) in [5.74, 6) is 0.596. The molecule has 2 N–H and O–H groups in total. The number of nitrogens with zero attached hydrogens (tertiary/aromatic N) is 2. The molecule has 0 fully saturated rings.